The molecule has 14 heavy (non-hydrogen) atoms. The van der Waals surface area contributed by atoms with E-state index in [0.29, 0.717) is 0 Å². The molecule has 0 amide bonds. The number of thioether (sulfide) groups is 1. The molecule has 1 heterocycles. The maximum Gasteiger partial charge on any atom is 0.203 e. The van der Waals surface area contributed by atoms with Gasteiger partial charge < -0.3 is 9.88 Å². The molecule has 2 rings (SSSR count). The van der Waals surface area contributed by atoms with Crippen LogP contribution in [0.5, 0.6) is 0 Å². The smallest absolute Gasteiger partial charge is 0.203 e. The van der Waals surface area contributed by atoms with Crippen molar-refractivity contribution in [2.75, 3.05) is 23.9 Å². The summed E-state index contributed by atoms with van der Waals surface area (Å²) < 4.78 is 2.26. The molecule has 0 unspecified atom stereocenters. The zero-order chi connectivity index (χ0) is 9.80. The molecule has 1 N–H and O–H groups in total. The summed E-state index contributed by atoms with van der Waals surface area (Å²) in [4.78, 5) is 4.32. The largest absolute Gasteiger partial charge is 0.356 e. The number of rotatable bonds is 6. The Morgan fingerprint density at radius 3 is 3.21 bits per heavy atom. The Hall–Kier alpha value is -0.640. The summed E-state index contributed by atoms with van der Waals surface area (Å²) in [7, 11) is 0. The van der Waals surface area contributed by atoms with Crippen molar-refractivity contribution in [1.29, 1.82) is 0 Å². The van der Waals surface area contributed by atoms with E-state index in [1.54, 1.807) is 0 Å². The monoisotopic (exact) mass is 211 g/mol. The molecular weight excluding hydrogens is 194 g/mol. The second-order valence-electron chi connectivity index (χ2n) is 3.66. The van der Waals surface area contributed by atoms with Crippen LogP contribution < -0.4 is 5.32 Å². The van der Waals surface area contributed by atoms with E-state index < -0.39 is 0 Å². The fourth-order valence-electron chi connectivity index (χ4n) is 1.51. The first-order valence-corrected chi connectivity index (χ1v) is 6.57. The summed E-state index contributed by atoms with van der Waals surface area (Å²) in [5, 5.41) is 3.39. The first kappa shape index (κ1) is 9.90. The van der Waals surface area contributed by atoms with E-state index in [1.807, 2.05) is 18.0 Å². The van der Waals surface area contributed by atoms with Gasteiger partial charge in [0, 0.05) is 25.0 Å². The average Bonchev–Trinajstić information content (AvgIpc) is 2.94. The van der Waals surface area contributed by atoms with Gasteiger partial charge in [0.25, 0.3) is 0 Å². The van der Waals surface area contributed by atoms with Gasteiger partial charge in [-0.1, -0.05) is 0 Å². The highest BCUT2D eigenvalue weighted by Gasteiger charge is 2.25. The molecule has 78 valence electrons. The van der Waals surface area contributed by atoms with E-state index in [9.17, 15) is 0 Å². The highest BCUT2D eigenvalue weighted by molar-refractivity contribution is 7.98. The van der Waals surface area contributed by atoms with E-state index in [4.69, 9.17) is 0 Å². The van der Waals surface area contributed by atoms with Crippen LogP contribution in [-0.4, -0.2) is 28.1 Å². The average molecular weight is 211 g/mol. The van der Waals surface area contributed by atoms with Gasteiger partial charge in [-0.25, -0.2) is 4.98 Å². The Labute approximate surface area is 89.3 Å². The Kier molecular flexibility index (Phi) is 3.35. The molecule has 0 aliphatic heterocycles. The Bertz CT molecular complexity index is 281. The molecule has 4 heteroatoms. The number of nitrogens with one attached hydrogen (secondary N) is 1. The molecule has 1 aliphatic rings. The molecule has 0 bridgehead atoms. The molecule has 1 saturated carbocycles. The lowest BCUT2D eigenvalue weighted by atomic mass is 10.5. The summed E-state index contributed by atoms with van der Waals surface area (Å²) >= 11 is 1.89. The Morgan fingerprint density at radius 1 is 1.64 bits per heavy atom. The number of aromatic nitrogens is 2. The van der Waals surface area contributed by atoms with E-state index >= 15 is 0 Å². The fourth-order valence-corrected chi connectivity index (χ4v) is 1.95. The van der Waals surface area contributed by atoms with Crippen molar-refractivity contribution in [3.63, 3.8) is 0 Å². The molecule has 1 aliphatic carbocycles. The summed E-state index contributed by atoms with van der Waals surface area (Å²) in [6, 6.07) is 0.723. The van der Waals surface area contributed by atoms with Gasteiger partial charge >= 0.3 is 0 Å². The molecule has 0 spiro atoms. The minimum absolute atomic E-state index is 0.723. The number of anilines is 1. The Morgan fingerprint density at radius 2 is 2.50 bits per heavy atom. The van der Waals surface area contributed by atoms with Crippen LogP contribution in [0.25, 0.3) is 0 Å². The quantitative estimate of drug-likeness (QED) is 0.733. The maximum atomic E-state index is 4.32. The number of nitrogens with zero attached hydrogens (tertiary/aromatic N) is 2. The highest BCUT2D eigenvalue weighted by atomic mass is 32.2. The van der Waals surface area contributed by atoms with Crippen LogP contribution in [0, 0.1) is 0 Å². The van der Waals surface area contributed by atoms with Crippen molar-refractivity contribution in [1.82, 2.24) is 9.55 Å². The molecule has 1 fully saturated rings. The van der Waals surface area contributed by atoms with Crippen molar-refractivity contribution in [3.8, 4) is 0 Å². The van der Waals surface area contributed by atoms with Crippen LogP contribution in [0.1, 0.15) is 25.3 Å². The van der Waals surface area contributed by atoms with E-state index in [-0.39, 0.29) is 0 Å². The summed E-state index contributed by atoms with van der Waals surface area (Å²) in [6.45, 7) is 1.03. The molecule has 0 radical (unpaired) electrons. The zero-order valence-electron chi connectivity index (χ0n) is 8.57. The van der Waals surface area contributed by atoms with Crippen molar-refractivity contribution < 1.29 is 0 Å². The van der Waals surface area contributed by atoms with Gasteiger partial charge in [0.15, 0.2) is 0 Å². The SMILES string of the molecule is CSCCCNc1nccn1C1CC1. The van der Waals surface area contributed by atoms with Gasteiger partial charge in [-0.05, 0) is 31.3 Å². The summed E-state index contributed by atoms with van der Waals surface area (Å²) in [5.41, 5.74) is 0. The third-order valence-electron chi connectivity index (χ3n) is 2.42. The zero-order valence-corrected chi connectivity index (χ0v) is 9.39. The molecule has 1 aromatic heterocycles. The van der Waals surface area contributed by atoms with Crippen LogP contribution in [0.2, 0.25) is 0 Å². The van der Waals surface area contributed by atoms with Crippen molar-refractivity contribution in [2.45, 2.75) is 25.3 Å². The van der Waals surface area contributed by atoms with Crippen LogP contribution >= 0.6 is 11.8 Å². The van der Waals surface area contributed by atoms with Gasteiger partial charge in [-0.3, -0.25) is 0 Å². The van der Waals surface area contributed by atoms with Crippen molar-refractivity contribution in [2.24, 2.45) is 0 Å². The molecule has 3 nitrogen and oxygen atoms in total. The minimum atomic E-state index is 0.723. The summed E-state index contributed by atoms with van der Waals surface area (Å²) in [6.07, 6.45) is 9.94. The normalized spacial score (nSPS) is 15.8. The van der Waals surface area contributed by atoms with E-state index in [1.165, 1.54) is 25.0 Å². The molecule has 0 saturated heterocycles. The van der Waals surface area contributed by atoms with Gasteiger partial charge in [-0.2, -0.15) is 11.8 Å². The van der Waals surface area contributed by atoms with Gasteiger partial charge in [-0.15, -0.1) is 0 Å². The second-order valence-corrected chi connectivity index (χ2v) is 4.65. The van der Waals surface area contributed by atoms with Gasteiger partial charge in [0.2, 0.25) is 5.95 Å². The van der Waals surface area contributed by atoms with Crippen molar-refractivity contribution in [3.05, 3.63) is 12.4 Å². The maximum absolute atomic E-state index is 4.32. The molecular formula is C10H17N3S. The number of imidazole rings is 1. The first-order valence-electron chi connectivity index (χ1n) is 5.17. The fraction of sp³-hybridized carbons (Fsp3) is 0.700. The molecule has 0 atom stereocenters. The molecule has 0 aromatic carbocycles. The van der Waals surface area contributed by atoms with Crippen LogP contribution in [-0.2, 0) is 0 Å². The second kappa shape index (κ2) is 4.73. The predicted molar refractivity (Wildman–Crippen MR) is 62.0 cm³/mol. The number of hydrogen-bond acceptors (Lipinski definition) is 3. The lowest BCUT2D eigenvalue weighted by Gasteiger charge is -2.07. The van der Waals surface area contributed by atoms with E-state index in [2.05, 4.69) is 27.3 Å². The number of hydrogen-bond donors (Lipinski definition) is 1. The minimum Gasteiger partial charge on any atom is -0.356 e. The topological polar surface area (TPSA) is 29.9 Å². The van der Waals surface area contributed by atoms with Crippen LogP contribution in [0.4, 0.5) is 5.95 Å². The third-order valence-corrected chi connectivity index (χ3v) is 3.11. The Balaban J connectivity index is 1.80. The predicted octanol–water partition coefficient (Wildman–Crippen LogP) is 2.38. The van der Waals surface area contributed by atoms with Gasteiger partial charge in [0.1, 0.15) is 0 Å². The molecule has 1 aromatic rings. The lowest BCUT2D eigenvalue weighted by molar-refractivity contribution is 0.741. The van der Waals surface area contributed by atoms with Crippen LogP contribution in [0.3, 0.4) is 0 Å². The summed E-state index contributed by atoms with van der Waals surface area (Å²) in [5.74, 6) is 2.27. The van der Waals surface area contributed by atoms with Crippen molar-refractivity contribution >= 4 is 17.7 Å². The third kappa shape index (κ3) is 2.44. The van der Waals surface area contributed by atoms with Gasteiger partial charge in [0.05, 0.1) is 0 Å². The first-order chi connectivity index (χ1) is 6.92. The van der Waals surface area contributed by atoms with Crippen LogP contribution in [0.15, 0.2) is 12.4 Å². The lowest BCUT2D eigenvalue weighted by Crippen LogP contribution is -2.08. The van der Waals surface area contributed by atoms with E-state index in [0.717, 1.165) is 18.5 Å². The standard InChI is InChI=1S/C10H17N3S/c1-14-8-2-5-11-10-12-6-7-13(10)9-3-4-9/h6-7,9H,2-5,8H2,1H3,(H,11,12). The highest BCUT2D eigenvalue weighted by Crippen LogP contribution is 2.36.